The van der Waals surface area contributed by atoms with Gasteiger partial charge in [0.05, 0.1) is 12.6 Å². The van der Waals surface area contributed by atoms with Gasteiger partial charge in [-0.1, -0.05) is 67.6 Å². The molecule has 1 aliphatic carbocycles. The number of fused-ring (bicyclic) bond motifs is 3. The topological polar surface area (TPSA) is 105 Å². The summed E-state index contributed by atoms with van der Waals surface area (Å²) in [5, 5.41) is 14.5. The first kappa shape index (κ1) is 25.1. The molecule has 7 nitrogen and oxygen atoms in total. The number of amides is 2. The Morgan fingerprint density at radius 1 is 0.889 bits per heavy atom. The Morgan fingerprint density at radius 3 is 2.06 bits per heavy atom. The van der Waals surface area contributed by atoms with Crippen LogP contribution in [0, 0.1) is 5.92 Å². The second-order valence-electron chi connectivity index (χ2n) is 9.11. The molecule has 0 aromatic heterocycles. The Kier molecular flexibility index (Phi) is 7.80. The predicted molar refractivity (Wildman–Crippen MR) is 137 cm³/mol. The van der Waals surface area contributed by atoms with Crippen molar-refractivity contribution in [2.75, 3.05) is 11.9 Å². The van der Waals surface area contributed by atoms with Gasteiger partial charge in [-0.3, -0.25) is 9.59 Å². The molecule has 3 N–H and O–H groups in total. The van der Waals surface area contributed by atoms with Gasteiger partial charge in [-0.15, -0.1) is 0 Å². The van der Waals surface area contributed by atoms with Gasteiger partial charge in [0.2, 0.25) is 5.91 Å². The smallest absolute Gasteiger partial charge is 0.407 e. The van der Waals surface area contributed by atoms with Crippen molar-refractivity contribution in [2.45, 2.75) is 38.8 Å². The zero-order chi connectivity index (χ0) is 25.7. The minimum Gasteiger partial charge on any atom is -0.449 e. The highest BCUT2D eigenvalue weighted by Gasteiger charge is 2.29. The van der Waals surface area contributed by atoms with Crippen LogP contribution in [0.25, 0.3) is 11.1 Å². The molecule has 7 heteroatoms. The summed E-state index contributed by atoms with van der Waals surface area (Å²) in [7, 11) is 0. The predicted octanol–water partition coefficient (Wildman–Crippen LogP) is 4.64. The molecule has 0 radical (unpaired) electrons. The number of hydrogen-bond donors (Lipinski definition) is 3. The number of benzene rings is 3. The van der Waals surface area contributed by atoms with Crippen molar-refractivity contribution in [2.24, 2.45) is 5.92 Å². The Labute approximate surface area is 210 Å². The quantitative estimate of drug-likeness (QED) is 0.409. The number of carbonyl (C=O) groups excluding carboxylic acids is 3. The van der Waals surface area contributed by atoms with Gasteiger partial charge >= 0.3 is 6.09 Å². The molecule has 0 saturated carbocycles. The van der Waals surface area contributed by atoms with Gasteiger partial charge in [-0.25, -0.2) is 4.79 Å². The minimum absolute atomic E-state index is 0.0224. The van der Waals surface area contributed by atoms with E-state index >= 15 is 0 Å². The van der Waals surface area contributed by atoms with E-state index in [1.807, 2.05) is 36.4 Å². The van der Waals surface area contributed by atoms with Crippen LogP contribution in [0.2, 0.25) is 0 Å². The lowest BCUT2D eigenvalue weighted by molar-refractivity contribution is -0.126. The fourth-order valence-corrected chi connectivity index (χ4v) is 4.43. The van der Waals surface area contributed by atoms with Crippen molar-refractivity contribution in [1.29, 1.82) is 0 Å². The number of ether oxygens (including phenoxy) is 1. The minimum atomic E-state index is -0.792. The molecule has 2 amide bonds. The average Bonchev–Trinajstić information content (AvgIpc) is 3.21. The molecule has 3 aromatic carbocycles. The highest BCUT2D eigenvalue weighted by molar-refractivity contribution is 5.96. The lowest BCUT2D eigenvalue weighted by Gasteiger charge is -2.18. The van der Waals surface area contributed by atoms with Crippen LogP contribution in [0.4, 0.5) is 10.5 Å². The molecule has 0 fully saturated rings. The van der Waals surface area contributed by atoms with Crippen LogP contribution in [0.5, 0.6) is 0 Å². The van der Waals surface area contributed by atoms with Crippen molar-refractivity contribution < 1.29 is 24.2 Å². The van der Waals surface area contributed by atoms with Crippen molar-refractivity contribution in [3.05, 3.63) is 89.5 Å². The number of anilines is 1. The normalized spacial score (nSPS) is 13.8. The van der Waals surface area contributed by atoms with Gasteiger partial charge in [-0.05, 0) is 46.9 Å². The average molecular weight is 487 g/mol. The molecular weight excluding hydrogens is 456 g/mol. The molecule has 1 aliphatic rings. The van der Waals surface area contributed by atoms with Crippen LogP contribution < -0.4 is 10.6 Å². The summed E-state index contributed by atoms with van der Waals surface area (Å²) in [6.45, 7) is 3.33. The molecule has 0 heterocycles. The molecule has 3 aromatic rings. The third-order valence-electron chi connectivity index (χ3n) is 6.52. The Bertz CT molecular complexity index is 1210. The van der Waals surface area contributed by atoms with Gasteiger partial charge in [0.15, 0.2) is 5.78 Å². The van der Waals surface area contributed by atoms with Gasteiger partial charge in [0, 0.05) is 23.9 Å². The molecule has 0 aliphatic heterocycles. The summed E-state index contributed by atoms with van der Waals surface area (Å²) in [6, 6.07) is 22.2. The molecule has 0 spiro atoms. The van der Waals surface area contributed by atoms with Crippen LogP contribution in [0.15, 0.2) is 72.8 Å². The van der Waals surface area contributed by atoms with Crippen molar-refractivity contribution in [3.63, 3.8) is 0 Å². The van der Waals surface area contributed by atoms with Crippen molar-refractivity contribution in [3.8, 4) is 11.1 Å². The summed E-state index contributed by atoms with van der Waals surface area (Å²) < 4.78 is 5.51. The van der Waals surface area contributed by atoms with E-state index in [1.165, 1.54) is 0 Å². The van der Waals surface area contributed by atoms with E-state index in [0.29, 0.717) is 5.69 Å². The van der Waals surface area contributed by atoms with Crippen LogP contribution in [0.1, 0.15) is 42.9 Å². The first-order chi connectivity index (χ1) is 17.4. The maximum atomic E-state index is 12.6. The van der Waals surface area contributed by atoms with Crippen LogP contribution in [-0.4, -0.2) is 35.5 Å². The third-order valence-corrected chi connectivity index (χ3v) is 6.52. The number of rotatable bonds is 9. The monoisotopic (exact) mass is 486 g/mol. The Morgan fingerprint density at radius 2 is 1.47 bits per heavy atom. The number of aliphatic hydroxyl groups is 1. The molecule has 0 saturated heterocycles. The molecule has 2 atom stereocenters. The molecule has 4 rings (SSSR count). The Hall–Kier alpha value is -3.97. The first-order valence-corrected chi connectivity index (χ1v) is 12.0. The summed E-state index contributed by atoms with van der Waals surface area (Å²) in [5.74, 6) is -1.21. The van der Waals surface area contributed by atoms with Crippen LogP contribution in [0.3, 0.4) is 0 Å². The number of aliphatic hydroxyl groups excluding tert-OH is 1. The molecule has 36 heavy (non-hydrogen) atoms. The summed E-state index contributed by atoms with van der Waals surface area (Å²) in [6.07, 6.45) is -0.690. The second kappa shape index (κ2) is 11.2. The van der Waals surface area contributed by atoms with Gasteiger partial charge in [0.25, 0.3) is 0 Å². The number of hydrogen-bond acceptors (Lipinski definition) is 5. The zero-order valence-electron chi connectivity index (χ0n) is 20.4. The van der Waals surface area contributed by atoms with Crippen molar-refractivity contribution in [1.82, 2.24) is 5.32 Å². The fraction of sp³-hybridized carbons (Fsp3) is 0.276. The van der Waals surface area contributed by atoms with Crippen molar-refractivity contribution >= 4 is 23.5 Å². The van der Waals surface area contributed by atoms with E-state index in [4.69, 9.17) is 9.84 Å². The van der Waals surface area contributed by atoms with Crippen LogP contribution >= 0.6 is 0 Å². The highest BCUT2D eigenvalue weighted by Crippen LogP contribution is 2.44. The Balaban J connectivity index is 1.27. The van der Waals surface area contributed by atoms with Crippen LogP contribution in [-0.2, 0) is 20.9 Å². The number of nitrogens with one attached hydrogen (secondary N) is 2. The molecule has 2 unspecified atom stereocenters. The van der Waals surface area contributed by atoms with Gasteiger partial charge in [-0.2, -0.15) is 0 Å². The lowest BCUT2D eigenvalue weighted by Crippen LogP contribution is -2.40. The number of ketones is 1. The number of carbonyl (C=O) groups is 3. The maximum Gasteiger partial charge on any atom is 0.407 e. The third kappa shape index (κ3) is 5.63. The molecule has 0 bridgehead atoms. The second-order valence-corrected chi connectivity index (χ2v) is 9.11. The summed E-state index contributed by atoms with van der Waals surface area (Å²) in [5.41, 5.74) is 5.83. The molecule has 186 valence electrons. The fourth-order valence-electron chi connectivity index (χ4n) is 4.43. The maximum absolute atomic E-state index is 12.6. The zero-order valence-corrected chi connectivity index (χ0v) is 20.4. The number of Topliss-reactive ketones (excluding diaryl/α,β-unsaturated/α-hetero) is 1. The van der Waals surface area contributed by atoms with E-state index < -0.39 is 18.1 Å². The summed E-state index contributed by atoms with van der Waals surface area (Å²) >= 11 is 0. The molecular formula is C29H30N2O5. The standard InChI is InChI=1S/C29H30N2O5/c1-18(28(34)31-21-13-11-20(16-32)12-14-21)15-27(33)19(2)30-29(35)36-17-26-24-9-5-3-7-22(24)23-8-4-6-10-25(23)26/h3-14,18-19,26,32H,15-17H2,1-2H3,(H,30,35)(H,31,34). The summed E-state index contributed by atoms with van der Waals surface area (Å²) in [4.78, 5) is 37.6. The number of alkyl carbamates (subject to hydrolysis) is 1. The lowest BCUT2D eigenvalue weighted by atomic mass is 9.98. The van der Waals surface area contributed by atoms with Gasteiger partial charge < -0.3 is 20.5 Å². The van der Waals surface area contributed by atoms with E-state index in [0.717, 1.165) is 27.8 Å². The van der Waals surface area contributed by atoms with Gasteiger partial charge in [0.1, 0.15) is 6.61 Å². The van der Waals surface area contributed by atoms with E-state index in [9.17, 15) is 14.4 Å². The largest absolute Gasteiger partial charge is 0.449 e. The van der Waals surface area contributed by atoms with E-state index in [1.54, 1.807) is 38.1 Å². The first-order valence-electron chi connectivity index (χ1n) is 12.0. The van der Waals surface area contributed by atoms with E-state index in [-0.39, 0.29) is 37.2 Å². The highest BCUT2D eigenvalue weighted by atomic mass is 16.5. The SMILES string of the molecule is CC(CC(=O)C(C)NC(=O)OCC1c2ccccc2-c2ccccc21)C(=O)Nc1ccc(CO)cc1. The van der Waals surface area contributed by atoms with E-state index in [2.05, 4.69) is 22.8 Å².